The van der Waals surface area contributed by atoms with Gasteiger partial charge in [0.2, 0.25) is 0 Å². The van der Waals surface area contributed by atoms with Crippen LogP contribution >= 0.6 is 0 Å². The second-order valence-electron chi connectivity index (χ2n) is 6.31. The van der Waals surface area contributed by atoms with Gasteiger partial charge in [-0.1, -0.05) is 72.8 Å². The Bertz CT molecular complexity index is 1120. The molecule has 0 unspecified atom stereocenters. The maximum Gasteiger partial charge on any atom is 0.0970 e. The van der Waals surface area contributed by atoms with Gasteiger partial charge in [-0.25, -0.2) is 0 Å². The summed E-state index contributed by atoms with van der Waals surface area (Å²) in [6.07, 6.45) is 3.75. The van der Waals surface area contributed by atoms with Gasteiger partial charge < -0.3 is 0 Å². The molecule has 0 saturated carbocycles. The summed E-state index contributed by atoms with van der Waals surface area (Å²) < 4.78 is 0. The summed E-state index contributed by atoms with van der Waals surface area (Å²) in [5, 5.41) is 2.26. The average molecular weight is 484 g/mol. The fourth-order valence-electron chi connectivity index (χ4n) is 3.57. The summed E-state index contributed by atoms with van der Waals surface area (Å²) in [4.78, 5) is 9.34. The molecule has 0 fully saturated rings. The number of pyridine rings is 2. The van der Waals surface area contributed by atoms with Crippen molar-refractivity contribution in [1.29, 1.82) is 0 Å². The number of hydrogen-bond acceptors (Lipinski definition) is 2. The standard InChI is InChI=1S/C24H16N2.Eu/c1-3-7-17(8-4-1)19-13-15-25-23-21(19)11-12-22-20(14-16-26-24(22)23)18-9-5-2-6-10-18;/h1-16H;. The molecule has 0 aliphatic rings. The van der Waals surface area contributed by atoms with Crippen LogP contribution in [0.3, 0.4) is 0 Å². The minimum atomic E-state index is 0. The van der Waals surface area contributed by atoms with Crippen molar-refractivity contribution in [3.05, 3.63) is 97.3 Å². The van der Waals surface area contributed by atoms with Crippen LogP contribution in [-0.4, -0.2) is 9.97 Å². The minimum Gasteiger partial charge on any atom is -0.254 e. The van der Waals surface area contributed by atoms with E-state index in [0.29, 0.717) is 0 Å². The zero-order valence-corrected chi connectivity index (χ0v) is 16.9. The van der Waals surface area contributed by atoms with Crippen molar-refractivity contribution in [3.8, 4) is 22.3 Å². The Hall–Kier alpha value is -1.94. The van der Waals surface area contributed by atoms with E-state index in [2.05, 4.69) is 82.8 Å². The third-order valence-corrected chi connectivity index (χ3v) is 4.79. The number of benzene rings is 3. The average Bonchev–Trinajstić information content (AvgIpc) is 2.74. The SMILES string of the molecule is [Eu].c1ccc(-c2ccnc3c2ccc2c(-c4ccccc4)ccnc23)cc1. The molecule has 27 heavy (non-hydrogen) atoms. The molecule has 0 bridgehead atoms. The van der Waals surface area contributed by atoms with E-state index in [1.54, 1.807) is 0 Å². The molecule has 3 aromatic carbocycles. The van der Waals surface area contributed by atoms with E-state index in [-0.39, 0.29) is 49.4 Å². The van der Waals surface area contributed by atoms with Crippen molar-refractivity contribution in [3.63, 3.8) is 0 Å². The minimum absolute atomic E-state index is 0. The molecule has 2 nitrogen and oxygen atoms in total. The van der Waals surface area contributed by atoms with Crippen molar-refractivity contribution in [2.45, 2.75) is 0 Å². The fraction of sp³-hybridized carbons (Fsp3) is 0. The van der Waals surface area contributed by atoms with E-state index in [4.69, 9.17) is 0 Å². The molecule has 2 heterocycles. The van der Waals surface area contributed by atoms with Crippen LogP contribution in [0.4, 0.5) is 0 Å². The second-order valence-corrected chi connectivity index (χ2v) is 6.31. The first-order valence-electron chi connectivity index (χ1n) is 8.69. The Morgan fingerprint density at radius 3 is 1.26 bits per heavy atom. The van der Waals surface area contributed by atoms with Crippen molar-refractivity contribution >= 4 is 21.8 Å². The van der Waals surface area contributed by atoms with Gasteiger partial charge in [-0.3, -0.25) is 9.97 Å². The molecule has 0 N–H and O–H groups in total. The fourth-order valence-corrected chi connectivity index (χ4v) is 3.57. The predicted octanol–water partition coefficient (Wildman–Crippen LogP) is 6.12. The van der Waals surface area contributed by atoms with Gasteiger partial charge in [0, 0.05) is 72.5 Å². The Labute approximate surface area is 198 Å². The molecular weight excluding hydrogens is 468 g/mol. The number of aromatic nitrogens is 2. The van der Waals surface area contributed by atoms with Gasteiger partial charge in [-0.2, -0.15) is 0 Å². The molecule has 5 rings (SSSR count). The molecule has 0 atom stereocenters. The molecule has 0 aliphatic heterocycles. The van der Waals surface area contributed by atoms with Gasteiger partial charge in [0.1, 0.15) is 0 Å². The van der Waals surface area contributed by atoms with Crippen LogP contribution in [0.25, 0.3) is 44.1 Å². The maximum atomic E-state index is 4.67. The van der Waals surface area contributed by atoms with E-state index >= 15 is 0 Å². The van der Waals surface area contributed by atoms with Gasteiger partial charge in [0.05, 0.1) is 11.0 Å². The Balaban J connectivity index is 0.00000180. The first-order valence-corrected chi connectivity index (χ1v) is 8.69. The normalized spacial score (nSPS) is 10.7. The van der Waals surface area contributed by atoms with E-state index in [1.165, 1.54) is 22.3 Å². The molecule has 0 aliphatic carbocycles. The molecule has 0 amide bonds. The summed E-state index contributed by atoms with van der Waals surface area (Å²) >= 11 is 0. The Kier molecular flexibility index (Phi) is 5.44. The van der Waals surface area contributed by atoms with Crippen LogP contribution < -0.4 is 0 Å². The third kappa shape index (κ3) is 3.36. The van der Waals surface area contributed by atoms with Gasteiger partial charge in [-0.05, 0) is 34.4 Å². The second kappa shape index (κ2) is 7.98. The zero-order valence-electron chi connectivity index (χ0n) is 14.5. The largest absolute Gasteiger partial charge is 0.254 e. The van der Waals surface area contributed by atoms with Gasteiger partial charge >= 0.3 is 0 Å². The number of fused-ring (bicyclic) bond motifs is 3. The van der Waals surface area contributed by atoms with Gasteiger partial charge in [-0.15, -0.1) is 0 Å². The van der Waals surface area contributed by atoms with E-state index in [1.807, 2.05) is 24.5 Å². The Morgan fingerprint density at radius 2 is 0.852 bits per heavy atom. The molecule has 3 heteroatoms. The van der Waals surface area contributed by atoms with Crippen molar-refractivity contribution in [2.24, 2.45) is 0 Å². The molecule has 1 radical (unpaired) electrons. The van der Waals surface area contributed by atoms with Gasteiger partial charge in [0.25, 0.3) is 0 Å². The topological polar surface area (TPSA) is 25.8 Å². The summed E-state index contributed by atoms with van der Waals surface area (Å²) in [5.74, 6) is 0. The third-order valence-electron chi connectivity index (χ3n) is 4.79. The molecule has 0 saturated heterocycles. The summed E-state index contributed by atoms with van der Waals surface area (Å²) in [6, 6.07) is 29.3. The van der Waals surface area contributed by atoms with Crippen LogP contribution in [0.15, 0.2) is 97.3 Å². The Morgan fingerprint density at radius 1 is 0.444 bits per heavy atom. The van der Waals surface area contributed by atoms with Crippen LogP contribution in [0.2, 0.25) is 0 Å². The van der Waals surface area contributed by atoms with Gasteiger partial charge in [0.15, 0.2) is 0 Å². The number of hydrogen-bond donors (Lipinski definition) is 0. The molecular formula is C24H16EuN2. The quantitative estimate of drug-likeness (QED) is 0.282. The van der Waals surface area contributed by atoms with Crippen LogP contribution in [0, 0.1) is 49.4 Å². The first kappa shape index (κ1) is 18.4. The molecule has 0 spiro atoms. The van der Waals surface area contributed by atoms with E-state index in [0.717, 1.165) is 21.8 Å². The van der Waals surface area contributed by atoms with Crippen molar-refractivity contribution in [2.75, 3.05) is 0 Å². The van der Waals surface area contributed by atoms with E-state index in [9.17, 15) is 0 Å². The molecule has 5 aromatic rings. The molecule has 2 aromatic heterocycles. The monoisotopic (exact) mass is 485 g/mol. The molecule has 129 valence electrons. The first-order chi connectivity index (χ1) is 12.9. The van der Waals surface area contributed by atoms with E-state index < -0.39 is 0 Å². The smallest absolute Gasteiger partial charge is 0.0970 e. The zero-order chi connectivity index (χ0) is 17.3. The summed E-state index contributed by atoms with van der Waals surface area (Å²) in [6.45, 7) is 0. The van der Waals surface area contributed by atoms with Crippen molar-refractivity contribution in [1.82, 2.24) is 9.97 Å². The van der Waals surface area contributed by atoms with Crippen LogP contribution in [0.1, 0.15) is 0 Å². The van der Waals surface area contributed by atoms with Crippen molar-refractivity contribution < 1.29 is 49.4 Å². The summed E-state index contributed by atoms with van der Waals surface area (Å²) in [7, 11) is 0. The maximum absolute atomic E-state index is 4.67. The summed E-state index contributed by atoms with van der Waals surface area (Å²) in [5.41, 5.74) is 6.65. The number of nitrogens with zero attached hydrogens (tertiary/aromatic N) is 2. The number of rotatable bonds is 2. The van der Waals surface area contributed by atoms with Crippen LogP contribution in [-0.2, 0) is 0 Å². The predicted molar refractivity (Wildman–Crippen MR) is 108 cm³/mol. The van der Waals surface area contributed by atoms with Crippen LogP contribution in [0.5, 0.6) is 0 Å².